The monoisotopic (exact) mass is 236 g/mol. The Bertz CT molecular complexity index is 532. The lowest BCUT2D eigenvalue weighted by atomic mass is 10.1. The number of hydrogen-bond acceptors (Lipinski definition) is 0. The summed E-state index contributed by atoms with van der Waals surface area (Å²) in [4.78, 5) is 0. The Balaban J connectivity index is 2.09. The quantitative estimate of drug-likeness (QED) is 0.617. The predicted molar refractivity (Wildman–Crippen MR) is 75.7 cm³/mol. The molecule has 0 atom stereocenters. The van der Waals surface area contributed by atoms with Crippen molar-refractivity contribution >= 4 is 18.4 Å². The summed E-state index contributed by atoms with van der Waals surface area (Å²) in [5, 5.41) is 3.44. The summed E-state index contributed by atoms with van der Waals surface area (Å²) in [6.45, 7) is 0. The highest BCUT2D eigenvalue weighted by atomic mass is 28.3. The molecule has 84 valence electrons. The predicted octanol–water partition coefficient (Wildman–Crippen LogP) is 3.02. The first kappa shape index (κ1) is 9.66. The van der Waals surface area contributed by atoms with Crippen LogP contribution in [0.2, 0.25) is 12.1 Å². The molecule has 1 heteroatoms. The molecule has 2 aromatic carbocycles. The van der Waals surface area contributed by atoms with E-state index >= 15 is 0 Å². The van der Waals surface area contributed by atoms with Gasteiger partial charge in [-0.2, -0.15) is 0 Å². The van der Waals surface area contributed by atoms with E-state index < -0.39 is 8.07 Å². The van der Waals surface area contributed by atoms with Crippen molar-refractivity contribution in [2.75, 3.05) is 0 Å². The Hall–Kier alpha value is -1.34. The highest BCUT2D eigenvalue weighted by molar-refractivity contribution is 7.05. The van der Waals surface area contributed by atoms with E-state index in [0.717, 1.165) is 0 Å². The summed E-state index contributed by atoms with van der Waals surface area (Å²) in [7, 11) is -1.31. The van der Waals surface area contributed by atoms with E-state index in [1.54, 1.807) is 10.4 Å². The molecule has 2 heterocycles. The van der Waals surface area contributed by atoms with Crippen molar-refractivity contribution < 1.29 is 0 Å². The first-order valence-corrected chi connectivity index (χ1v) is 9.03. The van der Waals surface area contributed by atoms with E-state index in [4.69, 9.17) is 0 Å². The summed E-state index contributed by atoms with van der Waals surface area (Å²) in [5.74, 6) is 0. The first-order chi connectivity index (χ1) is 8.42. The van der Waals surface area contributed by atoms with Crippen molar-refractivity contribution in [2.24, 2.45) is 0 Å². The molecule has 1 fully saturated rings. The fraction of sp³-hybridized carbons (Fsp3) is 0.250. The molecule has 1 saturated heterocycles. The van der Waals surface area contributed by atoms with Crippen LogP contribution in [-0.2, 0) is 0 Å². The van der Waals surface area contributed by atoms with Crippen LogP contribution in [0.5, 0.6) is 0 Å². The molecular weight excluding hydrogens is 220 g/mol. The molecule has 2 aromatic rings. The topological polar surface area (TPSA) is 0 Å². The smallest absolute Gasteiger partial charge is 0.0623 e. The molecule has 2 aliphatic heterocycles. The van der Waals surface area contributed by atoms with Crippen LogP contribution < -0.4 is 10.4 Å². The lowest BCUT2D eigenvalue weighted by molar-refractivity contribution is 0.935. The van der Waals surface area contributed by atoms with Crippen molar-refractivity contribution in [1.29, 1.82) is 0 Å². The van der Waals surface area contributed by atoms with Gasteiger partial charge in [-0.25, -0.2) is 0 Å². The van der Waals surface area contributed by atoms with Crippen LogP contribution in [0.15, 0.2) is 48.5 Å². The van der Waals surface area contributed by atoms with Crippen LogP contribution in [0, 0.1) is 0 Å². The average molecular weight is 236 g/mol. The summed E-state index contributed by atoms with van der Waals surface area (Å²) in [5.41, 5.74) is 3.08. The fourth-order valence-electron chi connectivity index (χ4n) is 3.93. The molecule has 2 aliphatic rings. The molecule has 0 radical (unpaired) electrons. The van der Waals surface area contributed by atoms with Crippen molar-refractivity contribution in [3.63, 3.8) is 0 Å². The third kappa shape index (κ3) is 1.13. The standard InChI is InChI=1S/C16H16Si/c1-3-9-15-13(7-1)14-8-2-4-10-16(14)17(15)11-5-6-12-17/h1-4,7-10H,5-6,11-12H2. The van der Waals surface area contributed by atoms with Crippen LogP contribution in [0.25, 0.3) is 11.1 Å². The number of hydrogen-bond donors (Lipinski definition) is 0. The molecule has 0 unspecified atom stereocenters. The van der Waals surface area contributed by atoms with Crippen LogP contribution in [-0.4, -0.2) is 8.07 Å². The Morgan fingerprint density at radius 1 is 0.647 bits per heavy atom. The summed E-state index contributed by atoms with van der Waals surface area (Å²) in [6, 6.07) is 21.3. The molecule has 0 amide bonds. The molecule has 17 heavy (non-hydrogen) atoms. The molecule has 0 aromatic heterocycles. The Morgan fingerprint density at radius 3 is 1.65 bits per heavy atom. The second-order valence-electron chi connectivity index (χ2n) is 5.38. The maximum absolute atomic E-state index is 2.41. The maximum atomic E-state index is 2.41. The van der Waals surface area contributed by atoms with Crippen LogP contribution in [0.4, 0.5) is 0 Å². The van der Waals surface area contributed by atoms with Crippen molar-refractivity contribution in [1.82, 2.24) is 0 Å². The fourth-order valence-corrected chi connectivity index (χ4v) is 9.56. The zero-order chi connectivity index (χ0) is 11.3. The van der Waals surface area contributed by atoms with Crippen molar-refractivity contribution in [3.05, 3.63) is 48.5 Å². The normalized spacial score (nSPS) is 19.3. The van der Waals surface area contributed by atoms with Crippen LogP contribution in [0.1, 0.15) is 12.8 Å². The molecule has 0 aliphatic carbocycles. The van der Waals surface area contributed by atoms with E-state index in [1.807, 2.05) is 0 Å². The zero-order valence-electron chi connectivity index (χ0n) is 9.95. The average Bonchev–Trinajstić information content (AvgIpc) is 2.98. The molecule has 0 saturated carbocycles. The number of rotatable bonds is 0. The highest BCUT2D eigenvalue weighted by Crippen LogP contribution is 2.38. The van der Waals surface area contributed by atoms with Crippen LogP contribution >= 0.6 is 0 Å². The van der Waals surface area contributed by atoms with Gasteiger partial charge in [-0.1, -0.05) is 61.4 Å². The molecule has 0 nitrogen and oxygen atoms in total. The molecular formula is C16H16Si. The Labute approximate surface area is 103 Å². The minimum Gasteiger partial charge on any atom is -0.0623 e. The van der Waals surface area contributed by atoms with Crippen molar-refractivity contribution in [3.8, 4) is 11.1 Å². The summed E-state index contributed by atoms with van der Waals surface area (Å²) in [6.07, 6.45) is 2.88. The van der Waals surface area contributed by atoms with Crippen molar-refractivity contribution in [2.45, 2.75) is 24.9 Å². The minimum atomic E-state index is -1.31. The van der Waals surface area contributed by atoms with Gasteiger partial charge in [-0.05, 0) is 33.6 Å². The van der Waals surface area contributed by atoms with Crippen LogP contribution in [0.3, 0.4) is 0 Å². The van der Waals surface area contributed by atoms with Gasteiger partial charge in [0.15, 0.2) is 0 Å². The molecule has 1 spiro atoms. The van der Waals surface area contributed by atoms with Gasteiger partial charge in [0.2, 0.25) is 0 Å². The lowest BCUT2D eigenvalue weighted by Crippen LogP contribution is -2.52. The summed E-state index contributed by atoms with van der Waals surface area (Å²) >= 11 is 0. The molecule has 0 N–H and O–H groups in total. The van der Waals surface area contributed by atoms with E-state index in [-0.39, 0.29) is 0 Å². The third-order valence-corrected chi connectivity index (χ3v) is 9.98. The second-order valence-corrected chi connectivity index (χ2v) is 9.62. The summed E-state index contributed by atoms with van der Waals surface area (Å²) < 4.78 is 0. The Kier molecular flexibility index (Phi) is 1.89. The molecule has 4 rings (SSSR count). The van der Waals surface area contributed by atoms with Gasteiger partial charge < -0.3 is 0 Å². The Morgan fingerprint density at radius 2 is 1.12 bits per heavy atom. The SMILES string of the molecule is c1ccc2c(c1)-c1ccccc1[Si]21CCCC1. The largest absolute Gasteiger partial charge is 0.119 e. The zero-order valence-corrected chi connectivity index (χ0v) is 10.9. The van der Waals surface area contributed by atoms with Gasteiger partial charge >= 0.3 is 0 Å². The molecule has 0 bridgehead atoms. The van der Waals surface area contributed by atoms with E-state index in [9.17, 15) is 0 Å². The van der Waals surface area contributed by atoms with Gasteiger partial charge in [0.05, 0.1) is 0 Å². The van der Waals surface area contributed by atoms with Gasteiger partial charge in [-0.15, -0.1) is 0 Å². The minimum absolute atomic E-state index is 1.31. The second kappa shape index (κ2) is 3.33. The number of fused-ring (bicyclic) bond motifs is 5. The first-order valence-electron chi connectivity index (χ1n) is 6.61. The van der Waals surface area contributed by atoms with E-state index in [0.29, 0.717) is 0 Å². The third-order valence-electron chi connectivity index (χ3n) is 4.63. The van der Waals surface area contributed by atoms with Gasteiger partial charge in [0.1, 0.15) is 8.07 Å². The van der Waals surface area contributed by atoms with E-state index in [1.165, 1.54) is 36.1 Å². The van der Waals surface area contributed by atoms with Gasteiger partial charge in [0.25, 0.3) is 0 Å². The highest BCUT2D eigenvalue weighted by Gasteiger charge is 2.46. The lowest BCUT2D eigenvalue weighted by Gasteiger charge is -2.23. The maximum Gasteiger partial charge on any atom is 0.119 e. The van der Waals surface area contributed by atoms with E-state index in [2.05, 4.69) is 48.5 Å². The van der Waals surface area contributed by atoms with Gasteiger partial charge in [0, 0.05) is 0 Å². The number of benzene rings is 2. The van der Waals surface area contributed by atoms with Gasteiger partial charge in [-0.3, -0.25) is 0 Å².